The fourth-order valence-corrected chi connectivity index (χ4v) is 3.11. The Morgan fingerprint density at radius 1 is 1.06 bits per heavy atom. The van der Waals surface area contributed by atoms with Gasteiger partial charge in [0.25, 0.3) is 0 Å². The number of pyridine rings is 1. The van der Waals surface area contributed by atoms with Gasteiger partial charge in [-0.05, 0) is 48.2 Å². The SMILES string of the molecule is CC[C@@H](C)c1ccc(C(=O)COC(=O)c2cccnc2Nc2cccc(C(F)(F)F)c2)cc1. The third-order valence-electron chi connectivity index (χ3n) is 5.23. The Bertz CT molecular complexity index is 1130. The van der Waals surface area contributed by atoms with Crippen molar-refractivity contribution in [3.05, 3.63) is 89.1 Å². The molecule has 3 rings (SSSR count). The number of alkyl halides is 3. The third-order valence-corrected chi connectivity index (χ3v) is 5.23. The van der Waals surface area contributed by atoms with E-state index in [2.05, 4.69) is 24.1 Å². The number of hydrogen-bond acceptors (Lipinski definition) is 5. The maximum absolute atomic E-state index is 13.0. The summed E-state index contributed by atoms with van der Waals surface area (Å²) in [5.74, 6) is -0.787. The minimum Gasteiger partial charge on any atom is -0.454 e. The van der Waals surface area contributed by atoms with E-state index in [1.165, 1.54) is 30.5 Å². The first-order chi connectivity index (χ1) is 15.7. The highest BCUT2D eigenvalue weighted by atomic mass is 19.4. The van der Waals surface area contributed by atoms with Gasteiger partial charge in [-0.2, -0.15) is 13.2 Å². The van der Waals surface area contributed by atoms with Crippen LogP contribution >= 0.6 is 0 Å². The van der Waals surface area contributed by atoms with Gasteiger partial charge in [0.05, 0.1) is 5.56 Å². The minimum atomic E-state index is -4.50. The zero-order valence-electron chi connectivity index (χ0n) is 18.1. The molecule has 33 heavy (non-hydrogen) atoms. The molecule has 1 N–H and O–H groups in total. The molecule has 0 spiro atoms. The lowest BCUT2D eigenvalue weighted by Gasteiger charge is -2.13. The van der Waals surface area contributed by atoms with Crippen molar-refractivity contribution in [2.45, 2.75) is 32.4 Å². The molecule has 0 aliphatic rings. The molecule has 0 aliphatic heterocycles. The summed E-state index contributed by atoms with van der Waals surface area (Å²) in [5, 5.41) is 2.71. The fraction of sp³-hybridized carbons (Fsp3) is 0.240. The maximum atomic E-state index is 13.0. The summed E-state index contributed by atoms with van der Waals surface area (Å²) in [5.41, 5.74) is 0.803. The van der Waals surface area contributed by atoms with E-state index in [0.29, 0.717) is 11.5 Å². The summed E-state index contributed by atoms with van der Waals surface area (Å²) in [4.78, 5) is 29.0. The van der Waals surface area contributed by atoms with E-state index in [1.54, 1.807) is 12.1 Å². The average molecular weight is 456 g/mol. The van der Waals surface area contributed by atoms with Gasteiger partial charge in [-0.15, -0.1) is 0 Å². The number of hydrogen-bond donors (Lipinski definition) is 1. The van der Waals surface area contributed by atoms with Crippen LogP contribution in [0.25, 0.3) is 0 Å². The molecule has 1 atom stereocenters. The lowest BCUT2D eigenvalue weighted by atomic mass is 9.97. The van der Waals surface area contributed by atoms with Gasteiger partial charge >= 0.3 is 12.1 Å². The molecule has 0 fully saturated rings. The second-order valence-corrected chi connectivity index (χ2v) is 7.53. The number of ketones is 1. The Hall–Kier alpha value is -3.68. The highest BCUT2D eigenvalue weighted by Gasteiger charge is 2.30. The van der Waals surface area contributed by atoms with Crippen LogP contribution in [0.3, 0.4) is 0 Å². The highest BCUT2D eigenvalue weighted by molar-refractivity contribution is 6.00. The molecule has 5 nitrogen and oxygen atoms in total. The lowest BCUT2D eigenvalue weighted by molar-refractivity contribution is -0.137. The molecular formula is C25H23F3N2O3. The summed E-state index contributed by atoms with van der Waals surface area (Å²) in [6.45, 7) is 3.70. The number of rotatable bonds is 8. The van der Waals surface area contributed by atoms with E-state index in [-0.39, 0.29) is 22.9 Å². The molecule has 0 saturated heterocycles. The van der Waals surface area contributed by atoms with Gasteiger partial charge in [-0.1, -0.05) is 44.2 Å². The molecule has 0 aliphatic carbocycles. The Kier molecular flexibility index (Phi) is 7.48. The van der Waals surface area contributed by atoms with Crippen molar-refractivity contribution in [1.82, 2.24) is 4.98 Å². The molecule has 0 unspecified atom stereocenters. The molecule has 0 radical (unpaired) electrons. The Balaban J connectivity index is 1.68. The summed E-state index contributed by atoms with van der Waals surface area (Å²) < 4.78 is 44.0. The van der Waals surface area contributed by atoms with Gasteiger partial charge in [0.2, 0.25) is 0 Å². The Morgan fingerprint density at radius 3 is 2.45 bits per heavy atom. The summed E-state index contributed by atoms with van der Waals surface area (Å²) in [6.07, 6.45) is -2.14. The number of esters is 1. The summed E-state index contributed by atoms with van der Waals surface area (Å²) >= 11 is 0. The number of benzene rings is 2. The molecular weight excluding hydrogens is 433 g/mol. The number of carbonyl (C=O) groups is 2. The number of nitrogens with one attached hydrogen (secondary N) is 1. The predicted octanol–water partition coefficient (Wildman–Crippen LogP) is 6.40. The van der Waals surface area contributed by atoms with Crippen molar-refractivity contribution in [1.29, 1.82) is 0 Å². The number of halogens is 3. The minimum absolute atomic E-state index is 0.00479. The average Bonchev–Trinajstić information content (AvgIpc) is 2.82. The fourth-order valence-electron chi connectivity index (χ4n) is 3.11. The molecule has 0 bridgehead atoms. The van der Waals surface area contributed by atoms with Crippen molar-refractivity contribution < 1.29 is 27.5 Å². The van der Waals surface area contributed by atoms with Crippen molar-refractivity contribution in [3.63, 3.8) is 0 Å². The number of carbonyl (C=O) groups excluding carboxylic acids is 2. The standard InChI is InChI=1S/C25H23F3N2O3/c1-3-16(2)17-9-11-18(12-10-17)22(31)15-33-24(32)21-8-5-13-29-23(21)30-20-7-4-6-19(14-20)25(26,27)28/h4-14,16H,3,15H2,1-2H3,(H,29,30)/t16-/m1/s1. The number of Topliss-reactive ketones (excluding diaryl/α,β-unsaturated/α-hetero) is 1. The van der Waals surface area contributed by atoms with Gasteiger partial charge < -0.3 is 10.1 Å². The van der Waals surface area contributed by atoms with Gasteiger partial charge in [0.1, 0.15) is 11.4 Å². The summed E-state index contributed by atoms with van der Waals surface area (Å²) in [6, 6.07) is 14.6. The maximum Gasteiger partial charge on any atom is 0.416 e. The van der Waals surface area contributed by atoms with Gasteiger partial charge in [-0.25, -0.2) is 9.78 Å². The second kappa shape index (κ2) is 10.3. The van der Waals surface area contributed by atoms with Crippen LogP contribution in [-0.2, 0) is 10.9 Å². The molecule has 1 heterocycles. The van der Waals surface area contributed by atoms with Crippen LogP contribution in [0.2, 0.25) is 0 Å². The molecule has 2 aromatic carbocycles. The third kappa shape index (κ3) is 6.19. The van der Waals surface area contributed by atoms with E-state index < -0.39 is 24.3 Å². The first kappa shape index (κ1) is 24.0. The smallest absolute Gasteiger partial charge is 0.416 e. The van der Waals surface area contributed by atoms with E-state index in [0.717, 1.165) is 24.1 Å². The zero-order valence-corrected chi connectivity index (χ0v) is 18.1. The van der Waals surface area contributed by atoms with Crippen molar-refractivity contribution in [2.75, 3.05) is 11.9 Å². The van der Waals surface area contributed by atoms with Crippen LogP contribution in [0, 0.1) is 0 Å². The molecule has 1 aromatic heterocycles. The van der Waals surface area contributed by atoms with Crippen molar-refractivity contribution in [2.24, 2.45) is 0 Å². The number of anilines is 2. The zero-order chi connectivity index (χ0) is 24.0. The van der Waals surface area contributed by atoms with Gasteiger partial charge in [-0.3, -0.25) is 4.79 Å². The summed E-state index contributed by atoms with van der Waals surface area (Å²) in [7, 11) is 0. The number of nitrogens with zero attached hydrogens (tertiary/aromatic N) is 1. The second-order valence-electron chi connectivity index (χ2n) is 7.53. The number of aromatic nitrogens is 1. The molecule has 3 aromatic rings. The molecule has 0 saturated carbocycles. The van der Waals surface area contributed by atoms with E-state index in [4.69, 9.17) is 4.74 Å². The first-order valence-corrected chi connectivity index (χ1v) is 10.4. The van der Waals surface area contributed by atoms with Crippen molar-refractivity contribution >= 4 is 23.3 Å². The van der Waals surface area contributed by atoms with Crippen LogP contribution in [0.5, 0.6) is 0 Å². The molecule has 8 heteroatoms. The Labute approximate surface area is 189 Å². The van der Waals surface area contributed by atoms with Crippen LogP contribution in [0.4, 0.5) is 24.7 Å². The monoisotopic (exact) mass is 456 g/mol. The van der Waals surface area contributed by atoms with E-state index >= 15 is 0 Å². The highest BCUT2D eigenvalue weighted by Crippen LogP contribution is 2.31. The van der Waals surface area contributed by atoms with E-state index in [9.17, 15) is 22.8 Å². The van der Waals surface area contributed by atoms with Crippen LogP contribution in [0.1, 0.15) is 58.0 Å². The predicted molar refractivity (Wildman–Crippen MR) is 119 cm³/mol. The topological polar surface area (TPSA) is 68.3 Å². The Morgan fingerprint density at radius 2 is 1.79 bits per heavy atom. The van der Waals surface area contributed by atoms with Crippen molar-refractivity contribution in [3.8, 4) is 0 Å². The quantitative estimate of drug-likeness (QED) is 0.314. The molecule has 0 amide bonds. The normalized spacial score (nSPS) is 12.2. The van der Waals surface area contributed by atoms with E-state index in [1.807, 2.05) is 12.1 Å². The molecule has 172 valence electrons. The largest absolute Gasteiger partial charge is 0.454 e. The van der Waals surface area contributed by atoms with Gasteiger partial charge in [0.15, 0.2) is 12.4 Å². The first-order valence-electron chi connectivity index (χ1n) is 10.4. The van der Waals surface area contributed by atoms with Crippen LogP contribution in [-0.4, -0.2) is 23.3 Å². The lowest BCUT2D eigenvalue weighted by Crippen LogP contribution is -2.16. The van der Waals surface area contributed by atoms with Crippen LogP contribution < -0.4 is 5.32 Å². The van der Waals surface area contributed by atoms with Crippen LogP contribution in [0.15, 0.2) is 66.9 Å². The number of ether oxygens (including phenoxy) is 1. The van der Waals surface area contributed by atoms with Gasteiger partial charge in [0, 0.05) is 17.4 Å².